The molecule has 1 unspecified atom stereocenters. The van der Waals surface area contributed by atoms with E-state index in [4.69, 9.17) is 10.5 Å². The molecule has 1 aliphatic rings. The van der Waals surface area contributed by atoms with Crippen molar-refractivity contribution in [2.24, 2.45) is 0 Å². The minimum absolute atomic E-state index is 0.0734. The summed E-state index contributed by atoms with van der Waals surface area (Å²) in [7, 11) is 1.52. The van der Waals surface area contributed by atoms with Crippen LogP contribution in [-0.4, -0.2) is 26.8 Å². The van der Waals surface area contributed by atoms with Crippen LogP contribution < -0.4 is 15.8 Å². The topological polar surface area (TPSA) is 97.7 Å². The summed E-state index contributed by atoms with van der Waals surface area (Å²) in [5.41, 5.74) is 11.3. The number of para-hydroxylation sites is 1. The predicted octanol–water partition coefficient (Wildman–Crippen LogP) is 3.97. The lowest BCUT2D eigenvalue weighted by Crippen LogP contribution is -2.12. The number of aromatic nitrogens is 3. The van der Waals surface area contributed by atoms with E-state index in [0.717, 1.165) is 38.1 Å². The van der Waals surface area contributed by atoms with Gasteiger partial charge in [-0.1, -0.05) is 34.1 Å². The fourth-order valence-corrected chi connectivity index (χ4v) is 4.28. The molecule has 0 spiro atoms. The normalized spacial score (nSPS) is 15.0. The Labute approximate surface area is 168 Å². The summed E-state index contributed by atoms with van der Waals surface area (Å²) in [6.45, 7) is 0. The highest BCUT2D eigenvalue weighted by molar-refractivity contribution is 9.10. The monoisotopic (exact) mass is 437 g/mol. The smallest absolute Gasteiger partial charge is 0.238 e. The Kier molecular flexibility index (Phi) is 3.70. The van der Waals surface area contributed by atoms with Gasteiger partial charge in [-0.2, -0.15) is 0 Å². The summed E-state index contributed by atoms with van der Waals surface area (Å²) in [5.74, 6) is 0.689. The highest BCUT2D eigenvalue weighted by Crippen LogP contribution is 2.45. The highest BCUT2D eigenvalue weighted by Gasteiger charge is 2.29. The fraction of sp³-hybridized carbons (Fsp3) is 0.100. The van der Waals surface area contributed by atoms with Crippen molar-refractivity contribution in [3.8, 4) is 22.8 Å². The van der Waals surface area contributed by atoms with Crippen LogP contribution in [0.4, 0.5) is 11.6 Å². The van der Waals surface area contributed by atoms with Crippen molar-refractivity contribution < 1.29 is 9.84 Å². The molecule has 140 valence electrons. The van der Waals surface area contributed by atoms with Crippen LogP contribution in [-0.2, 0) is 0 Å². The molecular formula is C20H16BrN5O2. The number of ether oxygens (including phenoxy) is 1. The number of nitrogens with zero attached hydrogens (tertiary/aromatic N) is 3. The van der Waals surface area contributed by atoms with Crippen LogP contribution in [0.2, 0.25) is 0 Å². The third-order valence-corrected chi connectivity index (χ3v) is 5.65. The zero-order valence-corrected chi connectivity index (χ0v) is 16.4. The zero-order chi connectivity index (χ0) is 19.4. The van der Waals surface area contributed by atoms with Crippen molar-refractivity contribution in [1.82, 2.24) is 14.6 Å². The van der Waals surface area contributed by atoms with Gasteiger partial charge in [0, 0.05) is 27.5 Å². The van der Waals surface area contributed by atoms with Crippen molar-refractivity contribution in [2.45, 2.75) is 6.04 Å². The van der Waals surface area contributed by atoms with E-state index in [1.165, 1.54) is 7.11 Å². The molecule has 5 rings (SSSR count). The van der Waals surface area contributed by atoms with E-state index in [0.29, 0.717) is 5.75 Å². The van der Waals surface area contributed by atoms with Crippen molar-refractivity contribution in [3.05, 3.63) is 64.3 Å². The van der Waals surface area contributed by atoms with Gasteiger partial charge in [0.15, 0.2) is 11.5 Å². The van der Waals surface area contributed by atoms with Crippen molar-refractivity contribution in [1.29, 1.82) is 0 Å². The van der Waals surface area contributed by atoms with E-state index in [2.05, 4.69) is 31.3 Å². The van der Waals surface area contributed by atoms with Gasteiger partial charge in [-0.3, -0.25) is 0 Å². The second-order valence-corrected chi connectivity index (χ2v) is 7.41. The molecule has 4 aromatic rings. The number of rotatable bonds is 2. The summed E-state index contributed by atoms with van der Waals surface area (Å²) in [4.78, 5) is 4.53. The van der Waals surface area contributed by atoms with E-state index < -0.39 is 0 Å². The number of hydrogen-bond donors (Lipinski definition) is 3. The summed E-state index contributed by atoms with van der Waals surface area (Å²) in [6.07, 6.45) is 1.87. The number of nitrogens with two attached hydrogens (primary N) is 1. The average molecular weight is 438 g/mol. The third-order valence-electron chi connectivity index (χ3n) is 4.96. The zero-order valence-electron chi connectivity index (χ0n) is 14.8. The number of phenolic OH excluding ortho intramolecular Hbond substituents is 1. The van der Waals surface area contributed by atoms with Gasteiger partial charge < -0.3 is 20.9 Å². The van der Waals surface area contributed by atoms with Gasteiger partial charge in [0.05, 0.1) is 18.7 Å². The van der Waals surface area contributed by atoms with Gasteiger partial charge in [-0.15, -0.1) is 5.10 Å². The van der Waals surface area contributed by atoms with Gasteiger partial charge >= 0.3 is 0 Å². The molecule has 8 heteroatoms. The third kappa shape index (κ3) is 2.41. The molecule has 0 aliphatic carbocycles. The quantitative estimate of drug-likeness (QED) is 0.438. The molecule has 0 radical (unpaired) electrons. The Bertz CT molecular complexity index is 1240. The molecule has 1 atom stereocenters. The molecule has 4 N–H and O–H groups in total. The molecule has 0 bridgehead atoms. The Hall–Kier alpha value is -3.26. The number of methoxy groups -OCH3 is 1. The molecule has 2 aromatic carbocycles. The number of phenols is 1. The Morgan fingerprint density at radius 3 is 2.86 bits per heavy atom. The van der Waals surface area contributed by atoms with Crippen molar-refractivity contribution in [2.75, 3.05) is 18.2 Å². The van der Waals surface area contributed by atoms with E-state index in [1.54, 1.807) is 16.6 Å². The number of nitrogen functional groups attached to an aromatic ring is 1. The SMILES string of the molecule is COc1cc(Br)c(C2Nc3ccccc3-c3nc(N)nn4ccc2c34)cc1O. The first-order valence-corrected chi connectivity index (χ1v) is 9.43. The Morgan fingerprint density at radius 2 is 2.04 bits per heavy atom. The van der Waals surface area contributed by atoms with E-state index in [-0.39, 0.29) is 17.7 Å². The molecule has 28 heavy (non-hydrogen) atoms. The summed E-state index contributed by atoms with van der Waals surface area (Å²) in [5, 5.41) is 18.3. The van der Waals surface area contributed by atoms with Crippen molar-refractivity contribution >= 4 is 33.1 Å². The number of halogens is 1. The lowest BCUT2D eigenvalue weighted by molar-refractivity contribution is 0.372. The number of aromatic hydroxyl groups is 1. The van der Waals surface area contributed by atoms with E-state index in [1.807, 2.05) is 36.5 Å². The number of fused-ring (bicyclic) bond motifs is 2. The van der Waals surface area contributed by atoms with E-state index in [9.17, 15) is 5.11 Å². The summed E-state index contributed by atoms with van der Waals surface area (Å²) < 4.78 is 7.79. The van der Waals surface area contributed by atoms with Gasteiger partial charge in [0.2, 0.25) is 5.95 Å². The molecule has 0 saturated heterocycles. The molecule has 2 aromatic heterocycles. The van der Waals surface area contributed by atoms with Crippen molar-refractivity contribution in [3.63, 3.8) is 0 Å². The van der Waals surface area contributed by atoms with Gasteiger partial charge in [-0.25, -0.2) is 9.50 Å². The Morgan fingerprint density at radius 1 is 1.21 bits per heavy atom. The minimum Gasteiger partial charge on any atom is -0.504 e. The van der Waals surface area contributed by atoms with Gasteiger partial charge in [0.25, 0.3) is 0 Å². The maximum absolute atomic E-state index is 10.4. The first-order chi connectivity index (χ1) is 13.6. The molecule has 0 saturated carbocycles. The number of benzene rings is 2. The summed E-state index contributed by atoms with van der Waals surface area (Å²) >= 11 is 3.62. The van der Waals surface area contributed by atoms with Crippen LogP contribution in [0.5, 0.6) is 11.5 Å². The number of hydrogen-bond acceptors (Lipinski definition) is 6. The first-order valence-electron chi connectivity index (χ1n) is 8.64. The van der Waals surface area contributed by atoms with Crippen LogP contribution in [0.3, 0.4) is 0 Å². The highest BCUT2D eigenvalue weighted by atomic mass is 79.9. The fourth-order valence-electron chi connectivity index (χ4n) is 3.72. The molecule has 0 amide bonds. The molecule has 7 nitrogen and oxygen atoms in total. The molecule has 1 aliphatic heterocycles. The van der Waals surface area contributed by atoms with E-state index >= 15 is 0 Å². The van der Waals surface area contributed by atoms with Gasteiger partial charge in [0.1, 0.15) is 5.69 Å². The number of anilines is 2. The maximum atomic E-state index is 10.4. The lowest BCUT2D eigenvalue weighted by atomic mass is 9.99. The average Bonchev–Trinajstić information content (AvgIpc) is 3.04. The van der Waals surface area contributed by atoms with Crippen LogP contribution in [0.25, 0.3) is 16.8 Å². The molecular weight excluding hydrogens is 422 g/mol. The predicted molar refractivity (Wildman–Crippen MR) is 111 cm³/mol. The van der Waals surface area contributed by atoms with Crippen LogP contribution >= 0.6 is 15.9 Å². The molecule has 0 fully saturated rings. The standard InChI is InChI=1S/C20H16BrN5O2/c1-28-16-9-13(21)12(8-15(16)27)17-11-6-7-26-19(11)18(24-20(22)25-26)10-4-2-3-5-14(10)23-17/h2-9,17,23,27H,1H3,(H2,22,25). The molecule has 3 heterocycles. The van der Waals surface area contributed by atoms with Crippen LogP contribution in [0.15, 0.2) is 53.1 Å². The van der Waals surface area contributed by atoms with Gasteiger partial charge in [-0.05, 0) is 29.8 Å². The minimum atomic E-state index is -0.245. The van der Waals surface area contributed by atoms with Crippen LogP contribution in [0, 0.1) is 0 Å². The summed E-state index contributed by atoms with van der Waals surface area (Å²) in [6, 6.07) is 13.1. The number of nitrogens with one attached hydrogen (secondary N) is 1. The lowest BCUT2D eigenvalue weighted by Gasteiger charge is -2.21. The first kappa shape index (κ1) is 16.9. The second kappa shape index (κ2) is 6.13. The Balaban J connectivity index is 1.83. The maximum Gasteiger partial charge on any atom is 0.238 e. The van der Waals surface area contributed by atoms with Crippen LogP contribution in [0.1, 0.15) is 17.2 Å². The second-order valence-electron chi connectivity index (χ2n) is 6.55. The largest absolute Gasteiger partial charge is 0.504 e.